The molecule has 81 valence electrons. The van der Waals surface area contributed by atoms with Gasteiger partial charge in [-0.05, 0) is 55.0 Å². The molecule has 0 amide bonds. The zero-order chi connectivity index (χ0) is 11.4. The maximum atomic E-state index is 3.35. The Kier molecular flexibility index (Phi) is 3.40. The minimum atomic E-state index is 1.08. The molecule has 0 unspecified atom stereocenters. The van der Waals surface area contributed by atoms with Crippen LogP contribution in [0.1, 0.15) is 22.3 Å². The fourth-order valence-corrected chi connectivity index (χ4v) is 1.91. The van der Waals surface area contributed by atoms with Gasteiger partial charge in [-0.25, -0.2) is 0 Å². The van der Waals surface area contributed by atoms with Crippen LogP contribution in [0.3, 0.4) is 0 Å². The molecule has 0 saturated heterocycles. The molecule has 2 rings (SSSR count). The minimum absolute atomic E-state index is 1.08. The summed E-state index contributed by atoms with van der Waals surface area (Å²) in [6.45, 7) is 4.35. The second kappa shape index (κ2) is 4.98. The molecule has 0 saturated carbocycles. The summed E-state index contributed by atoms with van der Waals surface area (Å²) in [6, 6.07) is 18.1. The molecule has 1 radical (unpaired) electrons. The van der Waals surface area contributed by atoms with Gasteiger partial charge >= 0.3 is 0 Å². The molecule has 0 heterocycles. The SMILES string of the molecule is Cc1cc[c]c(CCc2ccccc2)c1C. The van der Waals surface area contributed by atoms with Gasteiger partial charge < -0.3 is 0 Å². The van der Waals surface area contributed by atoms with E-state index in [2.05, 4.69) is 56.3 Å². The lowest BCUT2D eigenvalue weighted by molar-refractivity contribution is 0.943. The van der Waals surface area contributed by atoms with E-state index in [1.807, 2.05) is 6.07 Å². The summed E-state index contributed by atoms with van der Waals surface area (Å²) in [4.78, 5) is 0. The molecule has 2 aromatic rings. The molecule has 0 bridgehead atoms. The van der Waals surface area contributed by atoms with E-state index >= 15 is 0 Å². The number of benzene rings is 2. The Bertz CT molecular complexity index is 455. The lowest BCUT2D eigenvalue weighted by Gasteiger charge is -2.07. The van der Waals surface area contributed by atoms with Gasteiger partial charge in [0, 0.05) is 0 Å². The smallest absolute Gasteiger partial charge is 0.0146 e. The fraction of sp³-hybridized carbons (Fsp3) is 0.250. The third-order valence-electron chi connectivity index (χ3n) is 3.14. The highest BCUT2D eigenvalue weighted by Crippen LogP contribution is 2.14. The molecular weight excluding hydrogens is 192 g/mol. The quantitative estimate of drug-likeness (QED) is 0.719. The summed E-state index contributed by atoms with van der Waals surface area (Å²) < 4.78 is 0. The van der Waals surface area contributed by atoms with Crippen molar-refractivity contribution in [3.8, 4) is 0 Å². The molecule has 0 aliphatic heterocycles. The van der Waals surface area contributed by atoms with Crippen LogP contribution in [-0.2, 0) is 12.8 Å². The van der Waals surface area contributed by atoms with Crippen molar-refractivity contribution < 1.29 is 0 Å². The minimum Gasteiger partial charge on any atom is -0.0622 e. The van der Waals surface area contributed by atoms with Crippen molar-refractivity contribution in [3.63, 3.8) is 0 Å². The van der Waals surface area contributed by atoms with Crippen LogP contribution >= 0.6 is 0 Å². The topological polar surface area (TPSA) is 0 Å². The van der Waals surface area contributed by atoms with Crippen molar-refractivity contribution in [1.29, 1.82) is 0 Å². The highest BCUT2D eigenvalue weighted by atomic mass is 14.1. The second-order valence-electron chi connectivity index (χ2n) is 4.25. The van der Waals surface area contributed by atoms with E-state index in [1.54, 1.807) is 0 Å². The molecular formula is C16H17. The number of hydrogen-bond acceptors (Lipinski definition) is 0. The normalized spacial score (nSPS) is 10.4. The first-order valence-corrected chi connectivity index (χ1v) is 5.78. The lowest BCUT2D eigenvalue weighted by Crippen LogP contribution is -1.95. The Morgan fingerprint density at radius 2 is 1.69 bits per heavy atom. The van der Waals surface area contributed by atoms with Crippen molar-refractivity contribution in [3.05, 3.63) is 70.8 Å². The number of hydrogen-bond donors (Lipinski definition) is 0. The van der Waals surface area contributed by atoms with E-state index in [-0.39, 0.29) is 0 Å². The monoisotopic (exact) mass is 209 g/mol. The average Bonchev–Trinajstić information content (AvgIpc) is 2.32. The molecule has 0 aliphatic rings. The van der Waals surface area contributed by atoms with E-state index in [4.69, 9.17) is 0 Å². The second-order valence-corrected chi connectivity index (χ2v) is 4.25. The molecule has 0 heteroatoms. The largest absolute Gasteiger partial charge is 0.0622 e. The van der Waals surface area contributed by atoms with Gasteiger partial charge in [0.15, 0.2) is 0 Å². The van der Waals surface area contributed by atoms with E-state index in [1.165, 1.54) is 22.3 Å². The molecule has 0 nitrogen and oxygen atoms in total. The van der Waals surface area contributed by atoms with Crippen molar-refractivity contribution >= 4 is 0 Å². The van der Waals surface area contributed by atoms with Gasteiger partial charge in [-0.1, -0.05) is 42.5 Å². The maximum Gasteiger partial charge on any atom is -0.0146 e. The third-order valence-corrected chi connectivity index (χ3v) is 3.14. The van der Waals surface area contributed by atoms with E-state index in [0.29, 0.717) is 0 Å². The van der Waals surface area contributed by atoms with Gasteiger partial charge in [-0.2, -0.15) is 0 Å². The summed E-state index contributed by atoms with van der Waals surface area (Å²) in [5.74, 6) is 0. The zero-order valence-electron chi connectivity index (χ0n) is 9.96. The summed E-state index contributed by atoms with van der Waals surface area (Å²) >= 11 is 0. The lowest BCUT2D eigenvalue weighted by atomic mass is 9.98. The predicted octanol–water partition coefficient (Wildman–Crippen LogP) is 3.89. The van der Waals surface area contributed by atoms with Gasteiger partial charge in [-0.3, -0.25) is 0 Å². The Labute approximate surface area is 97.9 Å². The van der Waals surface area contributed by atoms with Crippen LogP contribution in [0.15, 0.2) is 42.5 Å². The van der Waals surface area contributed by atoms with Crippen molar-refractivity contribution in [1.82, 2.24) is 0 Å². The van der Waals surface area contributed by atoms with Crippen LogP contribution in [0.25, 0.3) is 0 Å². The van der Waals surface area contributed by atoms with Crippen LogP contribution in [0.2, 0.25) is 0 Å². The van der Waals surface area contributed by atoms with Crippen LogP contribution < -0.4 is 0 Å². The van der Waals surface area contributed by atoms with Crippen LogP contribution in [0, 0.1) is 19.9 Å². The van der Waals surface area contributed by atoms with Gasteiger partial charge in [-0.15, -0.1) is 0 Å². The number of aryl methyl sites for hydroxylation is 3. The van der Waals surface area contributed by atoms with E-state index < -0.39 is 0 Å². The highest BCUT2D eigenvalue weighted by molar-refractivity contribution is 5.33. The van der Waals surface area contributed by atoms with Crippen LogP contribution in [0.5, 0.6) is 0 Å². The first-order chi connectivity index (χ1) is 7.77. The Balaban J connectivity index is 2.08. The third kappa shape index (κ3) is 2.52. The van der Waals surface area contributed by atoms with Crippen LogP contribution in [0.4, 0.5) is 0 Å². The fourth-order valence-electron chi connectivity index (χ4n) is 1.91. The van der Waals surface area contributed by atoms with Gasteiger partial charge in [0.2, 0.25) is 0 Å². The van der Waals surface area contributed by atoms with E-state index in [0.717, 1.165) is 12.8 Å². The molecule has 0 atom stereocenters. The van der Waals surface area contributed by atoms with Gasteiger partial charge in [0.1, 0.15) is 0 Å². The summed E-state index contributed by atoms with van der Waals surface area (Å²) in [6.07, 6.45) is 2.18. The molecule has 0 spiro atoms. The van der Waals surface area contributed by atoms with Crippen molar-refractivity contribution in [2.24, 2.45) is 0 Å². The van der Waals surface area contributed by atoms with Gasteiger partial charge in [0.05, 0.1) is 0 Å². The molecule has 16 heavy (non-hydrogen) atoms. The standard InChI is InChI=1S/C16H17/c1-13-7-6-10-16(14(13)2)12-11-15-8-4-3-5-9-15/h3-9H,11-12H2,1-2H3. The van der Waals surface area contributed by atoms with E-state index in [9.17, 15) is 0 Å². The Hall–Kier alpha value is -1.56. The predicted molar refractivity (Wildman–Crippen MR) is 68.6 cm³/mol. The summed E-state index contributed by atoms with van der Waals surface area (Å²) in [5, 5.41) is 0. The Morgan fingerprint density at radius 1 is 0.938 bits per heavy atom. The first-order valence-electron chi connectivity index (χ1n) is 5.78. The highest BCUT2D eigenvalue weighted by Gasteiger charge is 2.01. The number of rotatable bonds is 3. The molecule has 0 aromatic heterocycles. The maximum absolute atomic E-state index is 3.35. The molecule has 0 aliphatic carbocycles. The first kappa shape index (κ1) is 10.9. The Morgan fingerprint density at radius 3 is 2.44 bits per heavy atom. The van der Waals surface area contributed by atoms with Crippen molar-refractivity contribution in [2.45, 2.75) is 26.7 Å². The summed E-state index contributed by atoms with van der Waals surface area (Å²) in [7, 11) is 0. The van der Waals surface area contributed by atoms with Crippen molar-refractivity contribution in [2.75, 3.05) is 0 Å². The zero-order valence-corrected chi connectivity index (χ0v) is 9.96. The molecule has 0 N–H and O–H groups in total. The van der Waals surface area contributed by atoms with Gasteiger partial charge in [0.25, 0.3) is 0 Å². The molecule has 2 aromatic carbocycles. The summed E-state index contributed by atoms with van der Waals surface area (Å²) in [5.41, 5.74) is 5.50. The molecule has 0 fully saturated rings. The average molecular weight is 209 g/mol. The van der Waals surface area contributed by atoms with Crippen LogP contribution in [-0.4, -0.2) is 0 Å².